The van der Waals surface area contributed by atoms with Gasteiger partial charge in [-0.05, 0) is 106 Å². The maximum absolute atomic E-state index is 13.2. The Morgan fingerprint density at radius 1 is 1.03 bits per heavy atom. The highest BCUT2D eigenvalue weighted by molar-refractivity contribution is 7.80. The summed E-state index contributed by atoms with van der Waals surface area (Å²) in [4.78, 5) is 26.9. The van der Waals surface area contributed by atoms with Crippen molar-refractivity contribution in [3.63, 3.8) is 0 Å². The molecule has 1 saturated heterocycles. The fourth-order valence-corrected chi connectivity index (χ4v) is 4.55. The number of ether oxygens (including phenoxy) is 2. The van der Waals surface area contributed by atoms with Crippen LogP contribution in [0.15, 0.2) is 60.3 Å². The van der Waals surface area contributed by atoms with Crippen molar-refractivity contribution in [2.24, 2.45) is 0 Å². The predicted molar refractivity (Wildman–Crippen MR) is 149 cm³/mol. The maximum Gasteiger partial charge on any atom is 0.338 e. The van der Waals surface area contributed by atoms with Gasteiger partial charge >= 0.3 is 5.97 Å². The molecule has 1 N–H and O–H groups in total. The van der Waals surface area contributed by atoms with E-state index in [2.05, 4.69) is 16.8 Å². The highest BCUT2D eigenvalue weighted by Crippen LogP contribution is 2.27. The van der Waals surface area contributed by atoms with E-state index in [1.54, 1.807) is 12.1 Å². The highest BCUT2D eigenvalue weighted by Gasteiger charge is 2.32. The smallest absolute Gasteiger partial charge is 0.338 e. The van der Waals surface area contributed by atoms with Crippen LogP contribution in [0.1, 0.15) is 54.0 Å². The Morgan fingerprint density at radius 2 is 1.70 bits per heavy atom. The summed E-state index contributed by atoms with van der Waals surface area (Å²) < 4.78 is 12.9. The van der Waals surface area contributed by atoms with Crippen LogP contribution in [0.2, 0.25) is 0 Å². The molecule has 4 rings (SSSR count). The number of benzene rings is 2. The number of amides is 1. The van der Waals surface area contributed by atoms with E-state index < -0.39 is 0 Å². The number of aromatic nitrogens is 1. The molecule has 1 aromatic heterocycles. The van der Waals surface area contributed by atoms with Crippen molar-refractivity contribution in [1.82, 2.24) is 9.88 Å². The molecular formula is C29H31N3O4S. The summed E-state index contributed by atoms with van der Waals surface area (Å²) in [6.07, 6.45) is 3.65. The summed E-state index contributed by atoms with van der Waals surface area (Å²) >= 11 is 5.46. The average Bonchev–Trinajstić information content (AvgIpc) is 3.33. The molecular weight excluding hydrogens is 486 g/mol. The molecule has 3 aromatic rings. The molecule has 1 aliphatic rings. The number of hydrogen-bond donors (Lipinski definition) is 1. The zero-order valence-electron chi connectivity index (χ0n) is 21.5. The van der Waals surface area contributed by atoms with Gasteiger partial charge in [0.15, 0.2) is 5.11 Å². The molecule has 1 fully saturated rings. The van der Waals surface area contributed by atoms with E-state index in [0.29, 0.717) is 35.3 Å². The largest absolute Gasteiger partial charge is 0.494 e. The summed E-state index contributed by atoms with van der Waals surface area (Å²) in [5, 5.41) is 3.38. The number of anilines is 1. The molecule has 192 valence electrons. The van der Waals surface area contributed by atoms with Gasteiger partial charge in [-0.1, -0.05) is 13.3 Å². The second-order valence-corrected chi connectivity index (χ2v) is 9.14. The monoisotopic (exact) mass is 517 g/mol. The Hall–Kier alpha value is -3.91. The van der Waals surface area contributed by atoms with Crippen LogP contribution in [0, 0.1) is 13.8 Å². The lowest BCUT2D eigenvalue weighted by Crippen LogP contribution is -2.30. The van der Waals surface area contributed by atoms with Crippen molar-refractivity contribution in [2.45, 2.75) is 40.5 Å². The predicted octanol–water partition coefficient (Wildman–Crippen LogP) is 5.71. The van der Waals surface area contributed by atoms with Crippen LogP contribution in [0.5, 0.6) is 5.75 Å². The molecule has 0 spiro atoms. The van der Waals surface area contributed by atoms with Gasteiger partial charge in [-0.2, -0.15) is 0 Å². The van der Waals surface area contributed by atoms with Crippen LogP contribution in [-0.2, 0) is 9.53 Å². The highest BCUT2D eigenvalue weighted by atomic mass is 32.1. The van der Waals surface area contributed by atoms with Crippen molar-refractivity contribution in [3.05, 3.63) is 82.8 Å². The van der Waals surface area contributed by atoms with Crippen LogP contribution in [0.4, 0.5) is 5.69 Å². The number of aryl methyl sites for hydroxylation is 1. The summed E-state index contributed by atoms with van der Waals surface area (Å²) in [5.74, 6) is 0.205. The van der Waals surface area contributed by atoms with Crippen LogP contribution in [-0.4, -0.2) is 34.8 Å². The van der Waals surface area contributed by atoms with E-state index in [1.165, 1.54) is 4.90 Å². The fraction of sp³-hybridized carbons (Fsp3) is 0.276. The first-order chi connectivity index (χ1) is 17.8. The number of nitrogens with zero attached hydrogens (tertiary/aromatic N) is 2. The lowest BCUT2D eigenvalue weighted by Gasteiger charge is -2.14. The summed E-state index contributed by atoms with van der Waals surface area (Å²) in [7, 11) is 0. The number of thiocarbonyl (C=S) groups is 1. The molecule has 0 unspecified atom stereocenters. The zero-order valence-corrected chi connectivity index (χ0v) is 22.4. The third-order valence-corrected chi connectivity index (χ3v) is 6.43. The number of esters is 1. The van der Waals surface area contributed by atoms with Crippen molar-refractivity contribution in [3.8, 4) is 11.4 Å². The van der Waals surface area contributed by atoms with Crippen LogP contribution in [0.3, 0.4) is 0 Å². The van der Waals surface area contributed by atoms with Gasteiger partial charge < -0.3 is 19.4 Å². The maximum atomic E-state index is 13.2. The van der Waals surface area contributed by atoms with Gasteiger partial charge in [0.05, 0.1) is 24.5 Å². The molecule has 2 heterocycles. The molecule has 0 radical (unpaired) electrons. The normalized spacial score (nSPS) is 14.3. The third kappa shape index (κ3) is 5.59. The van der Waals surface area contributed by atoms with Gasteiger partial charge in [0.25, 0.3) is 5.91 Å². The number of hydrogen-bond acceptors (Lipinski definition) is 5. The lowest BCUT2D eigenvalue weighted by atomic mass is 10.2. The van der Waals surface area contributed by atoms with Gasteiger partial charge in [-0.3, -0.25) is 9.69 Å². The molecule has 7 nitrogen and oxygen atoms in total. The molecule has 0 bridgehead atoms. The Kier molecular flexibility index (Phi) is 8.08. The van der Waals surface area contributed by atoms with E-state index >= 15 is 0 Å². The number of carbonyl (C=O) groups is 2. The number of nitrogens with one attached hydrogen (secondary N) is 1. The molecule has 0 atom stereocenters. The molecule has 0 aliphatic carbocycles. The van der Waals surface area contributed by atoms with E-state index in [1.807, 2.05) is 69.3 Å². The fourth-order valence-electron chi connectivity index (χ4n) is 4.25. The first-order valence-corrected chi connectivity index (χ1v) is 12.8. The summed E-state index contributed by atoms with van der Waals surface area (Å²) in [6.45, 7) is 8.97. The first-order valence-electron chi connectivity index (χ1n) is 12.4. The number of carbonyl (C=O) groups excluding carboxylic acids is 2. The van der Waals surface area contributed by atoms with Gasteiger partial charge in [-0.25, -0.2) is 4.79 Å². The Labute approximate surface area is 222 Å². The van der Waals surface area contributed by atoms with E-state index in [4.69, 9.17) is 21.7 Å². The number of unbranched alkanes of at least 4 members (excludes halogenated alkanes) is 1. The Bertz CT molecular complexity index is 1340. The first kappa shape index (κ1) is 26.2. The molecule has 2 aromatic carbocycles. The van der Waals surface area contributed by atoms with Crippen molar-refractivity contribution < 1.29 is 19.1 Å². The van der Waals surface area contributed by atoms with Gasteiger partial charge in [-0.15, -0.1) is 0 Å². The number of rotatable bonds is 9. The minimum absolute atomic E-state index is 0.218. The minimum atomic E-state index is -0.315. The van der Waals surface area contributed by atoms with Gasteiger partial charge in [0, 0.05) is 17.1 Å². The second-order valence-electron chi connectivity index (χ2n) is 8.75. The third-order valence-electron chi connectivity index (χ3n) is 6.15. The Morgan fingerprint density at radius 3 is 2.35 bits per heavy atom. The minimum Gasteiger partial charge on any atom is -0.494 e. The zero-order chi connectivity index (χ0) is 26.5. The summed E-state index contributed by atoms with van der Waals surface area (Å²) in [5.41, 5.74) is 5.38. The van der Waals surface area contributed by atoms with Crippen molar-refractivity contribution in [2.75, 3.05) is 18.1 Å². The summed E-state index contributed by atoms with van der Waals surface area (Å²) in [6, 6.07) is 16.6. The second kappa shape index (κ2) is 11.4. The molecule has 1 amide bonds. The Balaban J connectivity index is 1.55. The van der Waals surface area contributed by atoms with Crippen LogP contribution in [0.25, 0.3) is 11.8 Å². The van der Waals surface area contributed by atoms with Crippen molar-refractivity contribution in [1.29, 1.82) is 0 Å². The van der Waals surface area contributed by atoms with Crippen LogP contribution >= 0.6 is 12.2 Å². The van der Waals surface area contributed by atoms with E-state index in [0.717, 1.165) is 41.2 Å². The standard InChI is InChI=1S/C29H31N3O4S/c1-5-7-16-36-28(34)21-8-10-23(11-9-21)31-19(3)17-22(20(31)4)18-26-27(33)32(29(37)30-26)24-12-14-25(15-13-24)35-6-2/h8-15,17-18H,5-7,16H2,1-4H3,(H,30,37)/b26-18-. The SMILES string of the molecule is CCCCOC(=O)c1ccc(-n2c(C)cc(/C=C3\NC(=S)N(c4ccc(OCC)cc4)C3=O)c2C)cc1. The quantitative estimate of drug-likeness (QED) is 0.170. The van der Waals surface area contributed by atoms with Crippen LogP contribution < -0.4 is 15.0 Å². The topological polar surface area (TPSA) is 72.8 Å². The molecule has 8 heteroatoms. The van der Waals surface area contributed by atoms with E-state index in [-0.39, 0.29) is 11.9 Å². The lowest BCUT2D eigenvalue weighted by molar-refractivity contribution is -0.113. The van der Waals surface area contributed by atoms with Gasteiger partial charge in [0.1, 0.15) is 11.4 Å². The van der Waals surface area contributed by atoms with Crippen molar-refractivity contribution >= 4 is 41.0 Å². The van der Waals surface area contributed by atoms with Gasteiger partial charge in [0.2, 0.25) is 0 Å². The molecule has 0 saturated carbocycles. The average molecular weight is 518 g/mol. The molecule has 1 aliphatic heterocycles. The van der Waals surface area contributed by atoms with E-state index in [9.17, 15) is 9.59 Å². The molecule has 37 heavy (non-hydrogen) atoms.